The van der Waals surface area contributed by atoms with E-state index >= 15 is 0 Å². The molecular formula is C9H7N3O4. The molecule has 0 aliphatic carbocycles. The molecule has 0 bridgehead atoms. The molecule has 2 rings (SSSR count). The highest BCUT2D eigenvalue weighted by Gasteiger charge is 2.17. The van der Waals surface area contributed by atoms with Gasteiger partial charge in [-0.1, -0.05) is 6.07 Å². The molecule has 0 saturated heterocycles. The number of pyridine rings is 1. The normalized spacial score (nSPS) is 10.5. The maximum atomic E-state index is 10.6. The van der Waals surface area contributed by atoms with Crippen molar-refractivity contribution in [1.29, 1.82) is 0 Å². The number of fused-ring (bicyclic) bond motifs is 1. The van der Waals surface area contributed by atoms with Crippen molar-refractivity contribution in [2.75, 3.05) is 0 Å². The van der Waals surface area contributed by atoms with Gasteiger partial charge < -0.3 is 15.2 Å². The Hall–Kier alpha value is -2.44. The molecule has 0 atom stereocenters. The van der Waals surface area contributed by atoms with Crippen LogP contribution < -0.4 is 0 Å². The highest BCUT2D eigenvalue weighted by Crippen LogP contribution is 2.18. The SMILES string of the molecule is O=C(O)Cc1cccc2c([N+](=O)[O-])ncn12. The average molecular weight is 221 g/mol. The van der Waals surface area contributed by atoms with Crippen LogP contribution in [0, 0.1) is 10.1 Å². The number of imidazole rings is 1. The third kappa shape index (κ3) is 1.58. The Morgan fingerprint density at radius 2 is 2.31 bits per heavy atom. The second kappa shape index (κ2) is 3.61. The van der Waals surface area contributed by atoms with Crippen molar-refractivity contribution in [3.05, 3.63) is 40.3 Å². The number of nitro groups is 1. The summed E-state index contributed by atoms with van der Waals surface area (Å²) in [5, 5.41) is 19.3. The summed E-state index contributed by atoms with van der Waals surface area (Å²) in [6.45, 7) is 0. The summed E-state index contributed by atoms with van der Waals surface area (Å²) in [4.78, 5) is 24.2. The summed E-state index contributed by atoms with van der Waals surface area (Å²) in [6, 6.07) is 4.69. The summed E-state index contributed by atoms with van der Waals surface area (Å²) < 4.78 is 1.41. The number of hydrogen-bond donors (Lipinski definition) is 1. The third-order valence-electron chi connectivity index (χ3n) is 2.14. The van der Waals surface area contributed by atoms with Gasteiger partial charge in [0.15, 0.2) is 0 Å². The molecule has 82 valence electrons. The molecule has 7 heteroatoms. The van der Waals surface area contributed by atoms with Crippen LogP contribution in [-0.4, -0.2) is 25.4 Å². The van der Waals surface area contributed by atoms with Crippen molar-refractivity contribution in [2.24, 2.45) is 0 Å². The van der Waals surface area contributed by atoms with E-state index in [1.807, 2.05) is 0 Å². The summed E-state index contributed by atoms with van der Waals surface area (Å²) in [5.74, 6) is -1.27. The van der Waals surface area contributed by atoms with Crippen LogP contribution in [-0.2, 0) is 11.2 Å². The minimum absolute atomic E-state index is 0.204. The molecule has 0 aliphatic heterocycles. The highest BCUT2D eigenvalue weighted by atomic mass is 16.6. The van der Waals surface area contributed by atoms with Crippen LogP contribution in [0.1, 0.15) is 5.69 Å². The second-order valence-corrected chi connectivity index (χ2v) is 3.17. The van der Waals surface area contributed by atoms with Crippen molar-refractivity contribution >= 4 is 17.3 Å². The van der Waals surface area contributed by atoms with E-state index in [1.54, 1.807) is 12.1 Å². The maximum Gasteiger partial charge on any atom is 0.389 e. The third-order valence-corrected chi connectivity index (χ3v) is 2.14. The molecule has 0 amide bonds. The largest absolute Gasteiger partial charge is 0.481 e. The zero-order valence-corrected chi connectivity index (χ0v) is 8.03. The lowest BCUT2D eigenvalue weighted by atomic mass is 10.2. The maximum absolute atomic E-state index is 10.6. The minimum Gasteiger partial charge on any atom is -0.481 e. The van der Waals surface area contributed by atoms with Crippen molar-refractivity contribution in [2.45, 2.75) is 6.42 Å². The molecule has 2 heterocycles. The van der Waals surface area contributed by atoms with E-state index in [9.17, 15) is 14.9 Å². The van der Waals surface area contributed by atoms with Crippen LogP contribution in [0.4, 0.5) is 5.82 Å². The molecule has 0 aliphatic rings. The van der Waals surface area contributed by atoms with Gasteiger partial charge in [0.05, 0.1) is 6.42 Å². The lowest BCUT2D eigenvalue weighted by molar-refractivity contribution is -0.387. The van der Waals surface area contributed by atoms with Crippen LogP contribution in [0.5, 0.6) is 0 Å². The molecular weight excluding hydrogens is 214 g/mol. The summed E-state index contributed by atoms with van der Waals surface area (Å²) in [7, 11) is 0. The van der Waals surface area contributed by atoms with Gasteiger partial charge in [0.1, 0.15) is 5.52 Å². The highest BCUT2D eigenvalue weighted by molar-refractivity contribution is 5.71. The van der Waals surface area contributed by atoms with Gasteiger partial charge in [0, 0.05) is 5.69 Å². The monoisotopic (exact) mass is 221 g/mol. The molecule has 0 spiro atoms. The van der Waals surface area contributed by atoms with Crippen molar-refractivity contribution in [3.63, 3.8) is 0 Å². The predicted molar refractivity (Wildman–Crippen MR) is 53.2 cm³/mol. The first-order valence-electron chi connectivity index (χ1n) is 4.40. The first kappa shape index (κ1) is 10.1. The Morgan fingerprint density at radius 1 is 1.56 bits per heavy atom. The fourth-order valence-electron chi connectivity index (χ4n) is 1.50. The number of rotatable bonds is 3. The molecule has 1 N–H and O–H groups in total. The Labute approximate surface area is 89.1 Å². The molecule has 0 fully saturated rings. The second-order valence-electron chi connectivity index (χ2n) is 3.17. The summed E-state index contributed by atoms with van der Waals surface area (Å²) >= 11 is 0. The number of carboxylic acids is 1. The lowest BCUT2D eigenvalue weighted by Gasteiger charge is -2.00. The zero-order valence-electron chi connectivity index (χ0n) is 8.03. The molecule has 2 aromatic rings. The molecule has 0 saturated carbocycles. The van der Waals surface area contributed by atoms with E-state index in [0.717, 1.165) is 0 Å². The lowest BCUT2D eigenvalue weighted by Crippen LogP contribution is -2.04. The van der Waals surface area contributed by atoms with E-state index in [1.165, 1.54) is 16.8 Å². The Kier molecular flexibility index (Phi) is 2.28. The van der Waals surface area contributed by atoms with Crippen LogP contribution >= 0.6 is 0 Å². The molecule has 0 radical (unpaired) electrons. The van der Waals surface area contributed by atoms with Gasteiger partial charge >= 0.3 is 11.8 Å². The molecule has 2 aromatic heterocycles. The summed E-state index contributed by atoms with van der Waals surface area (Å²) in [5.41, 5.74) is 0.745. The molecule has 0 aromatic carbocycles. The number of aromatic nitrogens is 2. The van der Waals surface area contributed by atoms with Gasteiger partial charge in [-0.2, -0.15) is 0 Å². The first-order valence-corrected chi connectivity index (χ1v) is 4.40. The predicted octanol–water partition coefficient (Wildman–Crippen LogP) is 0.870. The number of carbonyl (C=O) groups is 1. The fourth-order valence-corrected chi connectivity index (χ4v) is 1.50. The average Bonchev–Trinajstić information content (AvgIpc) is 2.61. The molecule has 16 heavy (non-hydrogen) atoms. The van der Waals surface area contributed by atoms with Gasteiger partial charge in [0.25, 0.3) is 0 Å². The van der Waals surface area contributed by atoms with E-state index in [4.69, 9.17) is 5.11 Å². The summed E-state index contributed by atoms with van der Waals surface area (Å²) in [6.07, 6.45) is 1.05. The van der Waals surface area contributed by atoms with Crippen LogP contribution in [0.25, 0.3) is 5.52 Å². The number of hydrogen-bond acceptors (Lipinski definition) is 4. The zero-order chi connectivity index (χ0) is 11.7. The number of aliphatic carboxylic acids is 1. The van der Waals surface area contributed by atoms with E-state index < -0.39 is 10.9 Å². The van der Waals surface area contributed by atoms with Crippen LogP contribution in [0.3, 0.4) is 0 Å². The van der Waals surface area contributed by atoms with Gasteiger partial charge in [0.2, 0.25) is 6.33 Å². The Morgan fingerprint density at radius 3 is 2.94 bits per heavy atom. The molecule has 0 unspecified atom stereocenters. The standard InChI is InChI=1S/C9H7N3O4/c13-8(14)4-6-2-1-3-7-9(12(15)16)10-5-11(6)7/h1-3,5H,4H2,(H,13,14). The van der Waals surface area contributed by atoms with Gasteiger partial charge in [-0.05, 0) is 22.0 Å². The number of nitrogens with zero attached hydrogens (tertiary/aromatic N) is 3. The quantitative estimate of drug-likeness (QED) is 0.612. The smallest absolute Gasteiger partial charge is 0.389 e. The molecule has 7 nitrogen and oxygen atoms in total. The van der Waals surface area contributed by atoms with Crippen LogP contribution in [0.15, 0.2) is 24.5 Å². The van der Waals surface area contributed by atoms with Gasteiger partial charge in [-0.15, -0.1) is 0 Å². The van der Waals surface area contributed by atoms with Crippen molar-refractivity contribution in [1.82, 2.24) is 9.38 Å². The Balaban J connectivity index is 2.61. The van der Waals surface area contributed by atoms with Crippen LogP contribution in [0.2, 0.25) is 0 Å². The van der Waals surface area contributed by atoms with E-state index in [0.29, 0.717) is 11.2 Å². The minimum atomic E-state index is -0.996. The Bertz CT molecular complexity index is 575. The van der Waals surface area contributed by atoms with Crippen molar-refractivity contribution < 1.29 is 14.8 Å². The fraction of sp³-hybridized carbons (Fsp3) is 0.111. The van der Waals surface area contributed by atoms with Gasteiger partial charge in [-0.25, -0.2) is 0 Å². The van der Waals surface area contributed by atoms with Crippen molar-refractivity contribution in [3.8, 4) is 0 Å². The number of carboxylic acid groups (broad SMARTS) is 1. The van der Waals surface area contributed by atoms with E-state index in [2.05, 4.69) is 4.98 Å². The first-order chi connectivity index (χ1) is 7.59. The van der Waals surface area contributed by atoms with Gasteiger partial charge in [-0.3, -0.25) is 9.20 Å². The van der Waals surface area contributed by atoms with E-state index in [-0.39, 0.29) is 12.2 Å². The topological polar surface area (TPSA) is 97.7 Å².